The molecule has 4 N–H and O–H groups in total. The Morgan fingerprint density at radius 3 is 3.00 bits per heavy atom. The largest absolute Gasteiger partial charge is 0.484 e. The van der Waals surface area contributed by atoms with Gasteiger partial charge in [0.05, 0.1) is 18.1 Å². The van der Waals surface area contributed by atoms with Crippen LogP contribution in [0.3, 0.4) is 0 Å². The zero-order valence-electron chi connectivity index (χ0n) is 11.0. The molecule has 0 saturated carbocycles. The molecule has 0 aliphatic rings. The van der Waals surface area contributed by atoms with Crippen LogP contribution in [0.5, 0.6) is 5.75 Å². The van der Waals surface area contributed by atoms with Gasteiger partial charge < -0.3 is 16.2 Å². The monoisotopic (exact) mass is 273 g/mol. The van der Waals surface area contributed by atoms with Crippen molar-refractivity contribution < 1.29 is 9.53 Å². The number of nitrogen functional groups attached to an aromatic ring is 1. The van der Waals surface area contributed by atoms with Crippen LogP contribution in [0.1, 0.15) is 11.3 Å². The molecule has 2 rings (SSSR count). The number of aromatic nitrogens is 2. The van der Waals surface area contributed by atoms with Gasteiger partial charge in [-0.05, 0) is 24.6 Å². The minimum atomic E-state index is -0.522. The highest BCUT2D eigenvalue weighted by Crippen LogP contribution is 2.12. The summed E-state index contributed by atoms with van der Waals surface area (Å²) in [6, 6.07) is 7.11. The fourth-order valence-corrected chi connectivity index (χ4v) is 1.56. The molecule has 1 aromatic carbocycles. The fraction of sp³-hybridized carbons (Fsp3) is 0.154. The summed E-state index contributed by atoms with van der Waals surface area (Å²) >= 11 is 0. The normalized spacial score (nSPS) is 10.8. The van der Waals surface area contributed by atoms with E-state index in [0.717, 1.165) is 11.3 Å². The van der Waals surface area contributed by atoms with E-state index >= 15 is 0 Å². The number of hydrogen-bond donors (Lipinski definition) is 2. The zero-order chi connectivity index (χ0) is 14.5. The second-order valence-corrected chi connectivity index (χ2v) is 4.16. The van der Waals surface area contributed by atoms with Gasteiger partial charge in [-0.25, -0.2) is 9.66 Å². The molecule has 1 aromatic heterocycles. The second kappa shape index (κ2) is 5.87. The van der Waals surface area contributed by atoms with Gasteiger partial charge in [0.25, 0.3) is 5.91 Å². The van der Waals surface area contributed by atoms with Gasteiger partial charge in [-0.2, -0.15) is 5.10 Å². The third-order valence-electron chi connectivity index (χ3n) is 2.41. The number of amides is 1. The van der Waals surface area contributed by atoms with Crippen molar-refractivity contribution >= 4 is 18.1 Å². The molecular weight excluding hydrogens is 258 g/mol. The highest BCUT2D eigenvalue weighted by molar-refractivity contribution is 5.80. The van der Waals surface area contributed by atoms with Crippen molar-refractivity contribution in [2.45, 2.75) is 6.92 Å². The van der Waals surface area contributed by atoms with Crippen LogP contribution in [0.25, 0.3) is 0 Å². The molecule has 0 aliphatic heterocycles. The number of benzene rings is 1. The lowest BCUT2D eigenvalue weighted by molar-refractivity contribution is -0.119. The van der Waals surface area contributed by atoms with Crippen LogP contribution in [0.4, 0.5) is 5.95 Å². The van der Waals surface area contributed by atoms with Crippen LogP contribution in [0.2, 0.25) is 0 Å². The van der Waals surface area contributed by atoms with Gasteiger partial charge >= 0.3 is 0 Å². The maximum absolute atomic E-state index is 10.7. The van der Waals surface area contributed by atoms with Crippen LogP contribution in [-0.2, 0) is 4.79 Å². The van der Waals surface area contributed by atoms with E-state index in [2.05, 4.69) is 10.1 Å². The summed E-state index contributed by atoms with van der Waals surface area (Å²) in [6.45, 7) is 1.68. The molecule has 104 valence electrons. The van der Waals surface area contributed by atoms with E-state index in [1.54, 1.807) is 30.6 Å². The number of nitrogens with zero attached hydrogens (tertiary/aromatic N) is 3. The van der Waals surface area contributed by atoms with Crippen molar-refractivity contribution in [3.63, 3.8) is 0 Å². The summed E-state index contributed by atoms with van der Waals surface area (Å²) in [5.74, 6) is 0.341. The van der Waals surface area contributed by atoms with Gasteiger partial charge in [0, 0.05) is 0 Å². The molecule has 0 fully saturated rings. The van der Waals surface area contributed by atoms with Gasteiger partial charge in [0.15, 0.2) is 6.61 Å². The summed E-state index contributed by atoms with van der Waals surface area (Å²) in [4.78, 5) is 14.7. The zero-order valence-corrected chi connectivity index (χ0v) is 11.0. The Hall–Kier alpha value is -2.83. The molecule has 7 heteroatoms. The molecule has 0 radical (unpaired) electrons. The average molecular weight is 273 g/mol. The van der Waals surface area contributed by atoms with Crippen molar-refractivity contribution in [2.24, 2.45) is 10.8 Å². The molecule has 1 heterocycles. The molecule has 0 aliphatic carbocycles. The predicted octanol–water partition coefficient (Wildman–Crippen LogP) is 0.520. The number of imidazole rings is 1. The van der Waals surface area contributed by atoms with Crippen molar-refractivity contribution in [1.29, 1.82) is 0 Å². The van der Waals surface area contributed by atoms with Crippen molar-refractivity contribution in [3.8, 4) is 5.75 Å². The van der Waals surface area contributed by atoms with E-state index in [9.17, 15) is 4.79 Å². The first-order valence-electron chi connectivity index (χ1n) is 5.91. The molecular formula is C13H15N5O2. The number of nitrogens with two attached hydrogens (primary N) is 2. The first kappa shape index (κ1) is 13.6. The van der Waals surface area contributed by atoms with E-state index in [-0.39, 0.29) is 6.61 Å². The topological polar surface area (TPSA) is 109 Å². The standard InChI is InChI=1S/C13H15N5O2/c1-9-7-18(13(15)17-9)16-6-10-3-2-4-11(5-10)20-8-12(14)19/h2-7H,8H2,1H3,(H2,14,19)(H2,15,17). The molecule has 0 bridgehead atoms. The second-order valence-electron chi connectivity index (χ2n) is 4.16. The van der Waals surface area contributed by atoms with Crippen LogP contribution in [-0.4, -0.2) is 28.4 Å². The first-order chi connectivity index (χ1) is 9.54. The van der Waals surface area contributed by atoms with Crippen LogP contribution < -0.4 is 16.2 Å². The maximum atomic E-state index is 10.7. The Morgan fingerprint density at radius 1 is 1.55 bits per heavy atom. The van der Waals surface area contributed by atoms with E-state index in [1.807, 2.05) is 13.0 Å². The minimum absolute atomic E-state index is 0.158. The molecule has 0 saturated heterocycles. The number of anilines is 1. The number of rotatable bonds is 5. The lowest BCUT2D eigenvalue weighted by Crippen LogP contribution is -2.20. The average Bonchev–Trinajstić information content (AvgIpc) is 2.73. The number of hydrogen-bond acceptors (Lipinski definition) is 5. The summed E-state index contributed by atoms with van der Waals surface area (Å²) in [6.07, 6.45) is 3.34. The van der Waals surface area contributed by atoms with E-state index in [0.29, 0.717) is 11.7 Å². The summed E-state index contributed by atoms with van der Waals surface area (Å²) in [5, 5.41) is 4.19. The van der Waals surface area contributed by atoms with Gasteiger partial charge in [0.1, 0.15) is 5.75 Å². The summed E-state index contributed by atoms with van der Waals surface area (Å²) < 4.78 is 6.69. The molecule has 7 nitrogen and oxygen atoms in total. The van der Waals surface area contributed by atoms with Crippen LogP contribution >= 0.6 is 0 Å². The molecule has 0 spiro atoms. The van der Waals surface area contributed by atoms with Gasteiger partial charge in [-0.1, -0.05) is 12.1 Å². The third kappa shape index (κ3) is 3.58. The lowest BCUT2D eigenvalue weighted by Gasteiger charge is -2.03. The lowest BCUT2D eigenvalue weighted by atomic mass is 10.2. The van der Waals surface area contributed by atoms with Crippen LogP contribution in [0, 0.1) is 6.92 Å². The first-order valence-corrected chi connectivity index (χ1v) is 5.91. The molecule has 2 aromatic rings. The molecule has 1 amide bonds. The molecule has 0 unspecified atom stereocenters. The van der Waals surface area contributed by atoms with Crippen LogP contribution in [0.15, 0.2) is 35.6 Å². The number of ether oxygens (including phenoxy) is 1. The third-order valence-corrected chi connectivity index (χ3v) is 2.41. The van der Waals surface area contributed by atoms with Gasteiger partial charge in [0.2, 0.25) is 5.95 Å². The van der Waals surface area contributed by atoms with E-state index < -0.39 is 5.91 Å². The van der Waals surface area contributed by atoms with Crippen molar-refractivity contribution in [2.75, 3.05) is 12.3 Å². The Balaban J connectivity index is 2.11. The summed E-state index contributed by atoms with van der Waals surface area (Å²) in [5.41, 5.74) is 12.3. The van der Waals surface area contributed by atoms with Crippen molar-refractivity contribution in [1.82, 2.24) is 9.66 Å². The van der Waals surface area contributed by atoms with Gasteiger partial charge in [-0.3, -0.25) is 4.79 Å². The maximum Gasteiger partial charge on any atom is 0.255 e. The van der Waals surface area contributed by atoms with E-state index in [1.165, 1.54) is 4.68 Å². The smallest absolute Gasteiger partial charge is 0.255 e. The van der Waals surface area contributed by atoms with Gasteiger partial charge in [-0.15, -0.1) is 0 Å². The predicted molar refractivity (Wildman–Crippen MR) is 75.5 cm³/mol. The van der Waals surface area contributed by atoms with Crippen molar-refractivity contribution in [3.05, 3.63) is 41.7 Å². The number of carbonyl (C=O) groups is 1. The summed E-state index contributed by atoms with van der Waals surface area (Å²) in [7, 11) is 0. The highest BCUT2D eigenvalue weighted by atomic mass is 16.5. The Kier molecular flexibility index (Phi) is 3.99. The Morgan fingerprint density at radius 2 is 2.35 bits per heavy atom. The number of aryl methyl sites for hydroxylation is 1. The van der Waals surface area contributed by atoms with E-state index in [4.69, 9.17) is 16.2 Å². The SMILES string of the molecule is Cc1cn(N=Cc2cccc(OCC(N)=O)c2)c(N)n1. The fourth-order valence-electron chi connectivity index (χ4n) is 1.56. The quantitative estimate of drug-likeness (QED) is 0.774. The Bertz CT molecular complexity index is 648. The number of carbonyl (C=O) groups excluding carboxylic acids is 1. The highest BCUT2D eigenvalue weighted by Gasteiger charge is 2.00. The molecule has 0 atom stereocenters. The Labute approximate surface area is 115 Å². The number of primary amides is 1. The minimum Gasteiger partial charge on any atom is -0.484 e. The molecule has 20 heavy (non-hydrogen) atoms.